The maximum absolute atomic E-state index is 4.42. The first-order chi connectivity index (χ1) is 8.31. The second-order valence-corrected chi connectivity index (χ2v) is 2.90. The molecule has 0 amide bonds. The second kappa shape index (κ2) is 8.50. The largest absolute Gasteiger partial charge is 0.372 e. The van der Waals surface area contributed by atoms with E-state index in [0.717, 1.165) is 22.5 Å². The van der Waals surface area contributed by atoms with Crippen molar-refractivity contribution < 1.29 is 0 Å². The second-order valence-electron chi connectivity index (χ2n) is 2.90. The topological polar surface area (TPSA) is 37.8 Å². The van der Waals surface area contributed by atoms with E-state index in [1.807, 2.05) is 65.9 Å². The Bertz CT molecular complexity index is 438. The Morgan fingerprint density at radius 2 is 1.35 bits per heavy atom. The highest BCUT2D eigenvalue weighted by Crippen LogP contribution is 2.14. The van der Waals surface area contributed by atoms with Crippen LogP contribution in [-0.2, 0) is 0 Å². The van der Waals surface area contributed by atoms with E-state index in [4.69, 9.17) is 0 Å². The van der Waals surface area contributed by atoms with Crippen LogP contribution in [-0.4, -0.2) is 17.0 Å². The average molecular weight is 233 g/mol. The molecule has 0 saturated carbocycles. The van der Waals surface area contributed by atoms with E-state index in [1.54, 1.807) is 0 Å². The lowest BCUT2D eigenvalue weighted by Gasteiger charge is -2.04. The summed E-state index contributed by atoms with van der Waals surface area (Å²) >= 11 is 0. The third-order valence-electron chi connectivity index (χ3n) is 1.98. The van der Waals surface area contributed by atoms with Gasteiger partial charge in [-0.25, -0.2) is 9.97 Å². The van der Waals surface area contributed by atoms with Crippen molar-refractivity contribution in [3.63, 3.8) is 0 Å². The van der Waals surface area contributed by atoms with Crippen LogP contribution >= 0.6 is 0 Å². The molecule has 0 saturated heterocycles. The molecule has 94 valence electrons. The average Bonchev–Trinajstić information content (AvgIpc) is 2.42. The molecule has 3 heteroatoms. The van der Waals surface area contributed by atoms with Crippen LogP contribution < -0.4 is 5.32 Å². The van der Waals surface area contributed by atoms with Crippen LogP contribution in [0.25, 0.3) is 11.0 Å². The zero-order valence-electron chi connectivity index (χ0n) is 11.7. The normalized spacial score (nSPS) is 8.59. The number of hydrogen-bond donors (Lipinski definition) is 1. The number of fused-ring (bicyclic) bond motifs is 1. The van der Waals surface area contributed by atoms with Gasteiger partial charge in [-0.05, 0) is 19.1 Å². The van der Waals surface area contributed by atoms with Gasteiger partial charge in [-0.15, -0.1) is 0 Å². The van der Waals surface area contributed by atoms with Crippen molar-refractivity contribution in [3.05, 3.63) is 30.0 Å². The summed E-state index contributed by atoms with van der Waals surface area (Å²) in [7, 11) is 1.85. The molecule has 0 bridgehead atoms. The van der Waals surface area contributed by atoms with Crippen molar-refractivity contribution in [2.75, 3.05) is 12.4 Å². The summed E-state index contributed by atoms with van der Waals surface area (Å²) in [4.78, 5) is 8.84. The van der Waals surface area contributed by atoms with Gasteiger partial charge in [0, 0.05) is 7.05 Å². The molecule has 0 aliphatic rings. The van der Waals surface area contributed by atoms with Gasteiger partial charge in [0.1, 0.15) is 5.82 Å². The third-order valence-corrected chi connectivity index (χ3v) is 1.98. The fourth-order valence-corrected chi connectivity index (χ4v) is 1.33. The van der Waals surface area contributed by atoms with E-state index in [1.165, 1.54) is 0 Å². The Balaban J connectivity index is 0.000000581. The molecule has 0 radical (unpaired) electrons. The maximum Gasteiger partial charge on any atom is 0.147 e. The van der Waals surface area contributed by atoms with Crippen LogP contribution in [0.4, 0.5) is 5.82 Å². The molecule has 1 aromatic carbocycles. The quantitative estimate of drug-likeness (QED) is 0.808. The van der Waals surface area contributed by atoms with Crippen molar-refractivity contribution in [2.45, 2.75) is 34.6 Å². The van der Waals surface area contributed by atoms with Gasteiger partial charge < -0.3 is 5.32 Å². The fourth-order valence-electron chi connectivity index (χ4n) is 1.33. The number of aryl methyl sites for hydroxylation is 1. The van der Waals surface area contributed by atoms with Crippen LogP contribution in [0.15, 0.2) is 24.3 Å². The number of para-hydroxylation sites is 2. The summed E-state index contributed by atoms with van der Waals surface area (Å²) in [5, 5.41) is 3.01. The molecule has 0 aliphatic carbocycles. The lowest BCUT2D eigenvalue weighted by atomic mass is 10.3. The van der Waals surface area contributed by atoms with E-state index >= 15 is 0 Å². The standard InChI is InChI=1S/C10H11N3.2C2H6/c1-7-10(11-2)13-9-6-4-3-5-8(9)12-7;2*1-2/h3-6H,1-2H3,(H,11,13);2*1-2H3. The number of nitrogens with zero attached hydrogens (tertiary/aromatic N) is 2. The van der Waals surface area contributed by atoms with Crippen molar-refractivity contribution in [3.8, 4) is 0 Å². The maximum atomic E-state index is 4.42. The molecule has 1 heterocycles. The van der Waals surface area contributed by atoms with Crippen LogP contribution in [0.3, 0.4) is 0 Å². The highest BCUT2D eigenvalue weighted by Gasteiger charge is 2.01. The molecule has 0 unspecified atom stereocenters. The smallest absolute Gasteiger partial charge is 0.147 e. The Hall–Kier alpha value is -1.64. The van der Waals surface area contributed by atoms with Gasteiger partial charge in [-0.2, -0.15) is 0 Å². The van der Waals surface area contributed by atoms with Gasteiger partial charge >= 0.3 is 0 Å². The van der Waals surface area contributed by atoms with Gasteiger partial charge in [0.15, 0.2) is 0 Å². The SMILES string of the molecule is CC.CC.CNc1nc2ccccc2nc1C. The molecular weight excluding hydrogens is 210 g/mol. The van der Waals surface area contributed by atoms with E-state index in [0.29, 0.717) is 0 Å². The van der Waals surface area contributed by atoms with Gasteiger partial charge in [0.2, 0.25) is 0 Å². The third kappa shape index (κ3) is 4.02. The number of benzene rings is 1. The molecule has 1 aromatic heterocycles. The van der Waals surface area contributed by atoms with Crippen molar-refractivity contribution in [1.82, 2.24) is 9.97 Å². The summed E-state index contributed by atoms with van der Waals surface area (Å²) in [6, 6.07) is 7.86. The predicted octanol–water partition coefficient (Wildman–Crippen LogP) is 4.03. The minimum Gasteiger partial charge on any atom is -0.372 e. The highest BCUT2D eigenvalue weighted by molar-refractivity contribution is 5.76. The van der Waals surface area contributed by atoms with E-state index in [-0.39, 0.29) is 0 Å². The molecule has 0 fully saturated rings. The minimum atomic E-state index is 0.846. The van der Waals surface area contributed by atoms with Crippen molar-refractivity contribution in [2.24, 2.45) is 0 Å². The van der Waals surface area contributed by atoms with Gasteiger partial charge in [0.25, 0.3) is 0 Å². The van der Waals surface area contributed by atoms with Gasteiger partial charge in [-0.1, -0.05) is 39.8 Å². The van der Waals surface area contributed by atoms with Gasteiger partial charge in [-0.3, -0.25) is 0 Å². The van der Waals surface area contributed by atoms with Crippen LogP contribution in [0, 0.1) is 6.92 Å². The van der Waals surface area contributed by atoms with E-state index < -0.39 is 0 Å². The van der Waals surface area contributed by atoms with Crippen molar-refractivity contribution >= 4 is 16.9 Å². The first-order valence-corrected chi connectivity index (χ1v) is 6.22. The zero-order valence-corrected chi connectivity index (χ0v) is 11.7. The molecule has 17 heavy (non-hydrogen) atoms. The first kappa shape index (κ1) is 15.4. The Kier molecular flexibility index (Phi) is 7.68. The Labute approximate surface area is 104 Å². The van der Waals surface area contributed by atoms with E-state index in [9.17, 15) is 0 Å². The molecular formula is C14H23N3. The molecule has 1 N–H and O–H groups in total. The number of hydrogen-bond acceptors (Lipinski definition) is 3. The van der Waals surface area contributed by atoms with E-state index in [2.05, 4.69) is 15.3 Å². The van der Waals surface area contributed by atoms with Crippen LogP contribution in [0.1, 0.15) is 33.4 Å². The number of nitrogens with one attached hydrogen (secondary N) is 1. The number of anilines is 1. The summed E-state index contributed by atoms with van der Waals surface area (Å²) < 4.78 is 0. The van der Waals surface area contributed by atoms with Gasteiger partial charge in [0.05, 0.1) is 16.7 Å². The fraction of sp³-hybridized carbons (Fsp3) is 0.429. The predicted molar refractivity (Wildman–Crippen MR) is 76.5 cm³/mol. The minimum absolute atomic E-state index is 0.846. The summed E-state index contributed by atoms with van der Waals surface area (Å²) in [5.74, 6) is 0.846. The molecule has 0 atom stereocenters. The Morgan fingerprint density at radius 3 is 1.82 bits per heavy atom. The Morgan fingerprint density at radius 1 is 0.882 bits per heavy atom. The van der Waals surface area contributed by atoms with Crippen molar-refractivity contribution in [1.29, 1.82) is 0 Å². The molecule has 3 nitrogen and oxygen atoms in total. The zero-order chi connectivity index (χ0) is 13.3. The summed E-state index contributed by atoms with van der Waals surface area (Å²) in [5.41, 5.74) is 2.80. The summed E-state index contributed by atoms with van der Waals surface area (Å²) in [6.45, 7) is 9.95. The molecule has 0 spiro atoms. The molecule has 2 rings (SSSR count). The summed E-state index contributed by atoms with van der Waals surface area (Å²) in [6.07, 6.45) is 0. The monoisotopic (exact) mass is 233 g/mol. The molecule has 0 aliphatic heterocycles. The lowest BCUT2D eigenvalue weighted by Crippen LogP contribution is -1.98. The number of rotatable bonds is 1. The number of aromatic nitrogens is 2. The van der Waals surface area contributed by atoms with Crippen LogP contribution in [0.2, 0.25) is 0 Å². The van der Waals surface area contributed by atoms with Crippen LogP contribution in [0.5, 0.6) is 0 Å². The highest BCUT2D eigenvalue weighted by atomic mass is 15.0. The lowest BCUT2D eigenvalue weighted by molar-refractivity contribution is 1.17. The first-order valence-electron chi connectivity index (χ1n) is 6.22. The molecule has 2 aromatic rings.